The van der Waals surface area contributed by atoms with Crippen molar-refractivity contribution >= 4 is 29.4 Å². The normalized spacial score (nSPS) is 12.6. The Balaban J connectivity index is 1.58. The van der Waals surface area contributed by atoms with Gasteiger partial charge >= 0.3 is 5.97 Å². The number of carboxylic acids is 1. The molecule has 0 saturated heterocycles. The molecule has 0 fully saturated rings. The van der Waals surface area contributed by atoms with Crippen LogP contribution < -0.4 is 5.32 Å². The van der Waals surface area contributed by atoms with E-state index in [0.717, 1.165) is 11.0 Å². The second-order valence-corrected chi connectivity index (χ2v) is 6.25. The smallest absolute Gasteiger partial charge is 0.335 e. The molecule has 0 saturated carbocycles. The minimum Gasteiger partial charge on any atom is -0.478 e. The fourth-order valence-corrected chi connectivity index (χ4v) is 2.94. The molecule has 1 aliphatic heterocycles. The lowest BCUT2D eigenvalue weighted by atomic mass is 10.1. The first-order valence-electron chi connectivity index (χ1n) is 8.52. The summed E-state index contributed by atoms with van der Waals surface area (Å²) in [5.41, 5.74) is 0.0432. The molecule has 2 aromatic rings. The van der Waals surface area contributed by atoms with Crippen molar-refractivity contribution in [2.45, 2.75) is 13.0 Å². The van der Waals surface area contributed by atoms with Gasteiger partial charge in [0.2, 0.25) is 5.91 Å². The summed E-state index contributed by atoms with van der Waals surface area (Å²) in [5, 5.41) is 22.6. The number of imide groups is 1. The van der Waals surface area contributed by atoms with Crippen LogP contribution in [0.5, 0.6) is 0 Å². The Bertz CT molecular complexity index is 1030. The van der Waals surface area contributed by atoms with Gasteiger partial charge in [-0.15, -0.1) is 0 Å². The van der Waals surface area contributed by atoms with Gasteiger partial charge in [0.05, 0.1) is 16.1 Å². The Morgan fingerprint density at radius 2 is 1.76 bits per heavy atom. The number of hydrogen-bond acceptors (Lipinski definition) is 6. The van der Waals surface area contributed by atoms with Crippen molar-refractivity contribution in [1.29, 1.82) is 0 Å². The number of rotatable bonds is 7. The average Bonchev–Trinajstić information content (AvgIpc) is 2.95. The lowest BCUT2D eigenvalue weighted by molar-refractivity contribution is -0.385. The van der Waals surface area contributed by atoms with E-state index in [2.05, 4.69) is 5.32 Å². The molecule has 0 aliphatic carbocycles. The highest BCUT2D eigenvalue weighted by molar-refractivity contribution is 6.23. The van der Waals surface area contributed by atoms with Gasteiger partial charge in [-0.1, -0.05) is 18.2 Å². The number of nitrogens with zero attached hydrogens (tertiary/aromatic N) is 2. The molecule has 3 rings (SSSR count). The van der Waals surface area contributed by atoms with Crippen LogP contribution in [-0.2, 0) is 11.3 Å². The number of hydrogen-bond donors (Lipinski definition) is 2. The van der Waals surface area contributed by atoms with Crippen molar-refractivity contribution in [1.82, 2.24) is 10.2 Å². The van der Waals surface area contributed by atoms with Crippen LogP contribution in [0.1, 0.15) is 43.1 Å². The highest BCUT2D eigenvalue weighted by Crippen LogP contribution is 2.30. The summed E-state index contributed by atoms with van der Waals surface area (Å²) in [5.74, 6) is -2.96. The number of aromatic carboxylic acids is 1. The van der Waals surface area contributed by atoms with E-state index in [-0.39, 0.29) is 36.2 Å². The molecule has 0 aromatic heterocycles. The molecule has 2 aromatic carbocycles. The van der Waals surface area contributed by atoms with E-state index in [1.54, 1.807) is 12.1 Å². The molecule has 0 bridgehead atoms. The van der Waals surface area contributed by atoms with Crippen LogP contribution in [0.25, 0.3) is 0 Å². The summed E-state index contributed by atoms with van der Waals surface area (Å²) in [6, 6.07) is 9.76. The fraction of sp³-hybridized carbons (Fsp3) is 0.158. The van der Waals surface area contributed by atoms with Gasteiger partial charge in [-0.25, -0.2) is 4.79 Å². The molecule has 10 nitrogen and oxygen atoms in total. The van der Waals surface area contributed by atoms with Gasteiger partial charge in [0.25, 0.3) is 17.5 Å². The largest absolute Gasteiger partial charge is 0.478 e. The molecule has 0 unspecified atom stereocenters. The van der Waals surface area contributed by atoms with E-state index >= 15 is 0 Å². The van der Waals surface area contributed by atoms with Crippen LogP contribution in [0.2, 0.25) is 0 Å². The van der Waals surface area contributed by atoms with Gasteiger partial charge in [0, 0.05) is 25.6 Å². The van der Waals surface area contributed by atoms with Crippen molar-refractivity contribution < 1.29 is 29.2 Å². The SMILES string of the molecule is O=C(CCN1C(=O)c2cccc([N+](=O)[O-])c2C1=O)NCc1ccc(C(=O)O)cc1. The number of carboxylic acid groups (broad SMARTS) is 1. The van der Waals surface area contributed by atoms with Crippen LogP contribution in [0.4, 0.5) is 5.69 Å². The topological polar surface area (TPSA) is 147 Å². The summed E-state index contributed by atoms with van der Waals surface area (Å²) < 4.78 is 0. The zero-order valence-electron chi connectivity index (χ0n) is 15.0. The number of carbonyl (C=O) groups is 4. The molecule has 0 atom stereocenters. The molecule has 0 spiro atoms. The Morgan fingerprint density at radius 3 is 2.38 bits per heavy atom. The molecule has 148 valence electrons. The second kappa shape index (κ2) is 7.89. The second-order valence-electron chi connectivity index (χ2n) is 6.25. The Labute approximate surface area is 163 Å². The zero-order chi connectivity index (χ0) is 21.1. The van der Waals surface area contributed by atoms with Crippen molar-refractivity contribution in [3.63, 3.8) is 0 Å². The fourth-order valence-electron chi connectivity index (χ4n) is 2.94. The predicted octanol–water partition coefficient (Wildman–Crippen LogP) is 1.60. The number of benzene rings is 2. The number of nitro groups is 1. The molecule has 2 N–H and O–H groups in total. The van der Waals surface area contributed by atoms with E-state index in [4.69, 9.17) is 5.11 Å². The Hall–Kier alpha value is -4.08. The Kier molecular flexibility index (Phi) is 5.35. The van der Waals surface area contributed by atoms with Crippen molar-refractivity contribution in [2.24, 2.45) is 0 Å². The van der Waals surface area contributed by atoms with E-state index in [1.165, 1.54) is 24.3 Å². The highest BCUT2D eigenvalue weighted by atomic mass is 16.6. The summed E-state index contributed by atoms with van der Waals surface area (Å²) in [6.45, 7) is -0.0698. The maximum absolute atomic E-state index is 12.4. The van der Waals surface area contributed by atoms with Crippen LogP contribution >= 0.6 is 0 Å². The summed E-state index contributed by atoms with van der Waals surface area (Å²) >= 11 is 0. The lowest BCUT2D eigenvalue weighted by Gasteiger charge is -2.13. The molecular weight excluding hydrogens is 382 g/mol. The summed E-state index contributed by atoms with van der Waals surface area (Å²) in [7, 11) is 0. The van der Waals surface area contributed by atoms with E-state index in [0.29, 0.717) is 5.56 Å². The van der Waals surface area contributed by atoms with Crippen LogP contribution in [0.3, 0.4) is 0 Å². The van der Waals surface area contributed by atoms with Gasteiger partial charge in [0.15, 0.2) is 0 Å². The van der Waals surface area contributed by atoms with Crippen LogP contribution in [0.15, 0.2) is 42.5 Å². The molecule has 1 aliphatic rings. The van der Waals surface area contributed by atoms with Crippen molar-refractivity contribution in [3.8, 4) is 0 Å². The summed E-state index contributed by atoms with van der Waals surface area (Å²) in [4.78, 5) is 58.8. The molecule has 0 radical (unpaired) electrons. The minimum absolute atomic E-state index is 0.0527. The molecular formula is C19H15N3O7. The standard InChI is InChI=1S/C19H15N3O7/c23-15(20-10-11-4-6-12(7-5-11)19(26)27)8-9-21-17(24)13-2-1-3-14(22(28)29)16(13)18(21)25/h1-7H,8-10H2,(H,20,23)(H,26,27). The van der Waals surface area contributed by atoms with E-state index in [1.807, 2.05) is 0 Å². The molecule has 29 heavy (non-hydrogen) atoms. The third-order valence-electron chi connectivity index (χ3n) is 4.43. The third-order valence-corrected chi connectivity index (χ3v) is 4.43. The number of amides is 3. The van der Waals surface area contributed by atoms with Crippen LogP contribution in [-0.4, -0.2) is 45.2 Å². The van der Waals surface area contributed by atoms with Crippen molar-refractivity contribution in [2.75, 3.05) is 6.54 Å². The van der Waals surface area contributed by atoms with Gasteiger partial charge in [0.1, 0.15) is 5.56 Å². The first kappa shape index (κ1) is 19.7. The quantitative estimate of drug-likeness (QED) is 0.410. The lowest BCUT2D eigenvalue weighted by Crippen LogP contribution is -2.34. The number of carbonyl (C=O) groups excluding carboxylic acids is 3. The van der Waals surface area contributed by atoms with Gasteiger partial charge in [-0.2, -0.15) is 0 Å². The average molecular weight is 397 g/mol. The monoisotopic (exact) mass is 397 g/mol. The number of nitrogens with one attached hydrogen (secondary N) is 1. The Morgan fingerprint density at radius 1 is 1.07 bits per heavy atom. The first-order chi connectivity index (χ1) is 13.8. The molecule has 10 heteroatoms. The van der Waals surface area contributed by atoms with Gasteiger partial charge in [-0.3, -0.25) is 29.4 Å². The molecule has 1 heterocycles. The number of fused-ring (bicyclic) bond motifs is 1. The highest BCUT2D eigenvalue weighted by Gasteiger charge is 2.40. The van der Waals surface area contributed by atoms with Gasteiger partial charge < -0.3 is 10.4 Å². The van der Waals surface area contributed by atoms with Gasteiger partial charge in [-0.05, 0) is 23.8 Å². The van der Waals surface area contributed by atoms with E-state index < -0.39 is 34.3 Å². The predicted molar refractivity (Wildman–Crippen MR) is 98.3 cm³/mol. The van der Waals surface area contributed by atoms with Crippen molar-refractivity contribution in [3.05, 3.63) is 74.8 Å². The summed E-state index contributed by atoms with van der Waals surface area (Å²) in [6.07, 6.45) is -0.174. The maximum Gasteiger partial charge on any atom is 0.335 e. The number of nitro benzene ring substituents is 1. The zero-order valence-corrected chi connectivity index (χ0v) is 15.0. The van der Waals surface area contributed by atoms with Crippen LogP contribution in [0, 0.1) is 10.1 Å². The minimum atomic E-state index is -1.05. The molecule has 3 amide bonds. The first-order valence-corrected chi connectivity index (χ1v) is 8.52. The van der Waals surface area contributed by atoms with E-state index in [9.17, 15) is 29.3 Å². The maximum atomic E-state index is 12.4. The third kappa shape index (κ3) is 3.95.